The van der Waals surface area contributed by atoms with Crippen LogP contribution in [0.15, 0.2) is 40.4 Å². The first-order valence-electron chi connectivity index (χ1n) is 6.72. The van der Waals surface area contributed by atoms with Crippen LogP contribution in [0.1, 0.15) is 19.3 Å². The number of hydrogen-bond donors (Lipinski definition) is 0. The average molecular weight is 277 g/mol. The second-order valence-electron chi connectivity index (χ2n) is 5.68. The first-order valence-corrected chi connectivity index (χ1v) is 8.20. The summed E-state index contributed by atoms with van der Waals surface area (Å²) in [6.07, 6.45) is 3.37. The minimum absolute atomic E-state index is 0.00670. The third-order valence-electron chi connectivity index (χ3n) is 4.72. The van der Waals surface area contributed by atoms with E-state index in [9.17, 15) is 8.42 Å². The SMILES string of the molecule is O=S(=O)(C1=NOC2C1[C@H]1CC[C@@H]2C1)c1ccccc1. The molecule has 1 aromatic rings. The van der Waals surface area contributed by atoms with E-state index in [0.717, 1.165) is 19.3 Å². The first-order chi connectivity index (χ1) is 9.18. The van der Waals surface area contributed by atoms with Gasteiger partial charge in [0, 0.05) is 0 Å². The summed E-state index contributed by atoms with van der Waals surface area (Å²) in [5, 5.41) is 4.20. The zero-order chi connectivity index (χ0) is 13.0. The quantitative estimate of drug-likeness (QED) is 0.791. The maximum atomic E-state index is 12.6. The standard InChI is InChI=1S/C14H15NO3S/c16-19(17,11-4-2-1-3-5-11)14-12-9-6-7-10(8-9)13(12)18-15-14/h1-5,9-10,12-13H,6-8H2/t9-,10+,12?,13?/m0/s1. The third kappa shape index (κ3) is 1.51. The van der Waals surface area contributed by atoms with E-state index in [0.29, 0.717) is 16.7 Å². The van der Waals surface area contributed by atoms with Crippen LogP contribution in [0.25, 0.3) is 0 Å². The van der Waals surface area contributed by atoms with Crippen molar-refractivity contribution in [2.45, 2.75) is 30.3 Å². The van der Waals surface area contributed by atoms with E-state index >= 15 is 0 Å². The number of sulfone groups is 1. The summed E-state index contributed by atoms with van der Waals surface area (Å²) in [6, 6.07) is 8.53. The summed E-state index contributed by atoms with van der Waals surface area (Å²) in [7, 11) is -3.49. The van der Waals surface area contributed by atoms with Crippen LogP contribution in [-0.2, 0) is 14.7 Å². The molecule has 5 heteroatoms. The van der Waals surface area contributed by atoms with Crippen molar-refractivity contribution in [1.29, 1.82) is 0 Å². The molecule has 4 atom stereocenters. The highest BCUT2D eigenvalue weighted by molar-refractivity contribution is 8.06. The van der Waals surface area contributed by atoms with E-state index < -0.39 is 9.84 Å². The van der Waals surface area contributed by atoms with Gasteiger partial charge in [0.2, 0.25) is 9.84 Å². The Kier molecular flexibility index (Phi) is 2.31. The Morgan fingerprint density at radius 2 is 1.84 bits per heavy atom. The fourth-order valence-electron chi connectivity index (χ4n) is 3.85. The highest BCUT2D eigenvalue weighted by Gasteiger charge is 2.57. The van der Waals surface area contributed by atoms with Gasteiger partial charge in [0.15, 0.2) is 5.04 Å². The van der Waals surface area contributed by atoms with Gasteiger partial charge in [-0.15, -0.1) is 0 Å². The summed E-state index contributed by atoms with van der Waals surface area (Å²) >= 11 is 0. The van der Waals surface area contributed by atoms with Gasteiger partial charge in [0.25, 0.3) is 0 Å². The van der Waals surface area contributed by atoms with Crippen LogP contribution in [0, 0.1) is 17.8 Å². The normalized spacial score (nSPS) is 35.9. The highest BCUT2D eigenvalue weighted by atomic mass is 32.2. The van der Waals surface area contributed by atoms with E-state index in [1.54, 1.807) is 24.3 Å². The van der Waals surface area contributed by atoms with Crippen LogP contribution in [0.5, 0.6) is 0 Å². The Labute approximate surface area is 112 Å². The maximum Gasteiger partial charge on any atom is 0.223 e. The number of nitrogens with zero attached hydrogens (tertiary/aromatic N) is 1. The summed E-state index contributed by atoms with van der Waals surface area (Å²) in [5.74, 6) is 0.931. The predicted octanol–water partition coefficient (Wildman–Crippen LogP) is 2.22. The van der Waals surface area contributed by atoms with Gasteiger partial charge in [-0.3, -0.25) is 0 Å². The molecule has 2 unspecified atom stereocenters. The van der Waals surface area contributed by atoms with Gasteiger partial charge in [-0.05, 0) is 43.2 Å². The summed E-state index contributed by atoms with van der Waals surface area (Å²) in [5.41, 5.74) is 0. The van der Waals surface area contributed by atoms with Crippen LogP contribution >= 0.6 is 0 Å². The largest absolute Gasteiger partial charge is 0.391 e. The van der Waals surface area contributed by atoms with Gasteiger partial charge < -0.3 is 4.84 Å². The van der Waals surface area contributed by atoms with Crippen molar-refractivity contribution >= 4 is 14.9 Å². The highest BCUT2D eigenvalue weighted by Crippen LogP contribution is 2.53. The molecule has 0 N–H and O–H groups in total. The number of oxime groups is 1. The summed E-state index contributed by atoms with van der Waals surface area (Å²) < 4.78 is 25.3. The molecule has 19 heavy (non-hydrogen) atoms. The van der Waals surface area contributed by atoms with Crippen LogP contribution < -0.4 is 0 Å². The molecule has 0 spiro atoms. The van der Waals surface area contributed by atoms with Gasteiger partial charge in [-0.1, -0.05) is 23.4 Å². The zero-order valence-electron chi connectivity index (χ0n) is 10.4. The fourth-order valence-corrected chi connectivity index (χ4v) is 5.44. The molecule has 4 nitrogen and oxygen atoms in total. The van der Waals surface area contributed by atoms with Crippen LogP contribution in [0.4, 0.5) is 0 Å². The van der Waals surface area contributed by atoms with Crippen molar-refractivity contribution in [3.63, 3.8) is 0 Å². The molecule has 2 aliphatic carbocycles. The van der Waals surface area contributed by atoms with Crippen molar-refractivity contribution in [3.8, 4) is 0 Å². The third-order valence-corrected chi connectivity index (χ3v) is 6.51. The minimum Gasteiger partial charge on any atom is -0.391 e. The summed E-state index contributed by atoms with van der Waals surface area (Å²) in [4.78, 5) is 5.76. The molecule has 0 radical (unpaired) electrons. The first kappa shape index (κ1) is 11.5. The van der Waals surface area contributed by atoms with Gasteiger partial charge >= 0.3 is 0 Å². The molecule has 2 fully saturated rings. The Morgan fingerprint density at radius 1 is 1.11 bits per heavy atom. The van der Waals surface area contributed by atoms with Crippen molar-refractivity contribution in [2.75, 3.05) is 0 Å². The Bertz CT molecular complexity index is 638. The lowest BCUT2D eigenvalue weighted by Crippen LogP contribution is -2.33. The molecular formula is C14H15NO3S. The van der Waals surface area contributed by atoms with Crippen molar-refractivity contribution in [2.24, 2.45) is 22.9 Å². The molecular weight excluding hydrogens is 262 g/mol. The zero-order valence-corrected chi connectivity index (χ0v) is 11.2. The van der Waals surface area contributed by atoms with Gasteiger partial charge in [0.1, 0.15) is 6.10 Å². The maximum absolute atomic E-state index is 12.6. The summed E-state index contributed by atoms with van der Waals surface area (Å²) in [6.45, 7) is 0. The lowest BCUT2D eigenvalue weighted by Gasteiger charge is -2.22. The Hall–Kier alpha value is -1.36. The van der Waals surface area contributed by atoms with Crippen molar-refractivity contribution in [1.82, 2.24) is 0 Å². The molecule has 2 saturated carbocycles. The molecule has 1 heterocycles. The molecule has 3 aliphatic rings. The van der Waals surface area contributed by atoms with Gasteiger partial charge in [-0.2, -0.15) is 0 Å². The Balaban J connectivity index is 1.74. The molecule has 1 aliphatic heterocycles. The van der Waals surface area contributed by atoms with Crippen molar-refractivity contribution < 1.29 is 13.3 Å². The molecule has 1 aromatic carbocycles. The van der Waals surface area contributed by atoms with Crippen LogP contribution in [-0.4, -0.2) is 19.6 Å². The monoisotopic (exact) mass is 277 g/mol. The molecule has 4 rings (SSSR count). The lowest BCUT2D eigenvalue weighted by molar-refractivity contribution is 0.0275. The lowest BCUT2D eigenvalue weighted by atomic mass is 9.87. The van der Waals surface area contributed by atoms with Crippen LogP contribution in [0.2, 0.25) is 0 Å². The number of hydrogen-bond acceptors (Lipinski definition) is 4. The van der Waals surface area contributed by atoms with Gasteiger partial charge in [0.05, 0.1) is 10.8 Å². The molecule has 100 valence electrons. The molecule has 2 bridgehead atoms. The van der Waals surface area contributed by atoms with E-state index in [4.69, 9.17) is 4.84 Å². The molecule has 0 amide bonds. The van der Waals surface area contributed by atoms with Crippen molar-refractivity contribution in [3.05, 3.63) is 30.3 Å². The van der Waals surface area contributed by atoms with E-state index in [-0.39, 0.29) is 17.1 Å². The van der Waals surface area contributed by atoms with E-state index in [2.05, 4.69) is 5.16 Å². The molecule has 0 aromatic heterocycles. The molecule has 0 saturated heterocycles. The van der Waals surface area contributed by atoms with E-state index in [1.165, 1.54) is 0 Å². The van der Waals surface area contributed by atoms with Crippen LogP contribution in [0.3, 0.4) is 0 Å². The fraction of sp³-hybridized carbons (Fsp3) is 0.500. The second-order valence-corrected chi connectivity index (χ2v) is 7.57. The smallest absolute Gasteiger partial charge is 0.223 e. The topological polar surface area (TPSA) is 55.7 Å². The van der Waals surface area contributed by atoms with Gasteiger partial charge in [-0.25, -0.2) is 8.42 Å². The second kappa shape index (κ2) is 3.82. The predicted molar refractivity (Wildman–Crippen MR) is 70.3 cm³/mol. The Morgan fingerprint density at radius 3 is 2.63 bits per heavy atom. The minimum atomic E-state index is -3.49. The number of rotatable bonds is 1. The van der Waals surface area contributed by atoms with E-state index in [1.807, 2.05) is 6.07 Å². The average Bonchev–Trinajstić information content (AvgIpc) is 3.12. The number of benzene rings is 1. The number of fused-ring (bicyclic) bond motifs is 5.